The fourth-order valence-electron chi connectivity index (χ4n) is 2.02. The lowest BCUT2D eigenvalue weighted by Gasteiger charge is -2.41. The van der Waals surface area contributed by atoms with Crippen LogP contribution in [0.2, 0.25) is 0 Å². The zero-order valence-electron chi connectivity index (χ0n) is 11.0. The molecule has 1 unspecified atom stereocenters. The standard InChI is InChI=1S/C11H24N2O2S.ClH/c1-4-5-8-16(14,15)13-7-6-10(12)11(2,3)9-13;/h10H,4-9,12H2,1-3H3;1H. The molecule has 0 aromatic heterocycles. The van der Waals surface area contributed by atoms with Crippen molar-refractivity contribution in [3.05, 3.63) is 0 Å². The molecule has 104 valence electrons. The average molecular weight is 285 g/mol. The van der Waals surface area contributed by atoms with Gasteiger partial charge in [0.15, 0.2) is 0 Å². The molecule has 0 bridgehead atoms. The van der Waals surface area contributed by atoms with Gasteiger partial charge in [0.05, 0.1) is 5.75 Å². The molecule has 1 heterocycles. The normalized spacial score (nSPS) is 25.3. The van der Waals surface area contributed by atoms with E-state index in [0.717, 1.165) is 19.3 Å². The molecule has 4 nitrogen and oxygen atoms in total. The van der Waals surface area contributed by atoms with E-state index in [1.807, 2.05) is 20.8 Å². The first kappa shape index (κ1) is 17.2. The number of hydrogen-bond donors (Lipinski definition) is 1. The van der Waals surface area contributed by atoms with Crippen LogP contribution in [-0.4, -0.2) is 37.6 Å². The van der Waals surface area contributed by atoms with E-state index in [1.165, 1.54) is 0 Å². The van der Waals surface area contributed by atoms with Crippen molar-refractivity contribution in [3.8, 4) is 0 Å². The monoisotopic (exact) mass is 284 g/mol. The molecule has 0 aromatic carbocycles. The van der Waals surface area contributed by atoms with Gasteiger partial charge < -0.3 is 5.73 Å². The lowest BCUT2D eigenvalue weighted by molar-refractivity contribution is 0.155. The Morgan fingerprint density at radius 3 is 2.47 bits per heavy atom. The number of sulfonamides is 1. The van der Waals surface area contributed by atoms with Crippen LogP contribution in [0.4, 0.5) is 0 Å². The van der Waals surface area contributed by atoms with E-state index in [0.29, 0.717) is 13.1 Å². The first-order valence-electron chi connectivity index (χ1n) is 6.03. The zero-order valence-corrected chi connectivity index (χ0v) is 12.6. The summed E-state index contributed by atoms with van der Waals surface area (Å²) in [5, 5.41) is 0. The number of piperidine rings is 1. The second-order valence-electron chi connectivity index (χ2n) is 5.39. The van der Waals surface area contributed by atoms with E-state index in [2.05, 4.69) is 0 Å². The summed E-state index contributed by atoms with van der Waals surface area (Å²) >= 11 is 0. The number of nitrogens with zero attached hydrogens (tertiary/aromatic N) is 1. The van der Waals surface area contributed by atoms with Gasteiger partial charge in [-0.25, -0.2) is 12.7 Å². The molecule has 0 spiro atoms. The molecule has 17 heavy (non-hydrogen) atoms. The third kappa shape index (κ3) is 4.39. The predicted octanol–water partition coefficient (Wildman–Crippen LogP) is 1.60. The van der Waals surface area contributed by atoms with Crippen molar-refractivity contribution in [2.45, 2.75) is 46.1 Å². The molecule has 0 saturated carbocycles. The molecule has 0 radical (unpaired) electrons. The van der Waals surface area contributed by atoms with Crippen LogP contribution >= 0.6 is 12.4 Å². The van der Waals surface area contributed by atoms with Crippen LogP contribution in [0, 0.1) is 5.41 Å². The highest BCUT2D eigenvalue weighted by Crippen LogP contribution is 2.29. The van der Waals surface area contributed by atoms with Gasteiger partial charge in [-0.2, -0.15) is 0 Å². The Morgan fingerprint density at radius 2 is 2.00 bits per heavy atom. The summed E-state index contributed by atoms with van der Waals surface area (Å²) in [5.41, 5.74) is 5.88. The van der Waals surface area contributed by atoms with Crippen LogP contribution in [0.25, 0.3) is 0 Å². The van der Waals surface area contributed by atoms with E-state index < -0.39 is 10.0 Å². The molecule has 0 amide bonds. The summed E-state index contributed by atoms with van der Waals surface area (Å²) < 4.78 is 25.7. The van der Waals surface area contributed by atoms with E-state index in [4.69, 9.17) is 5.73 Å². The highest BCUT2D eigenvalue weighted by molar-refractivity contribution is 7.89. The number of nitrogens with two attached hydrogens (primary N) is 1. The predicted molar refractivity (Wildman–Crippen MR) is 73.9 cm³/mol. The first-order chi connectivity index (χ1) is 7.29. The van der Waals surface area contributed by atoms with E-state index in [1.54, 1.807) is 4.31 Å². The van der Waals surface area contributed by atoms with Gasteiger partial charge in [0, 0.05) is 19.1 Å². The average Bonchev–Trinajstić information content (AvgIpc) is 2.19. The third-order valence-electron chi connectivity index (χ3n) is 3.43. The Balaban J connectivity index is 0.00000256. The SMILES string of the molecule is CCCCS(=O)(=O)N1CCC(N)C(C)(C)C1.Cl. The van der Waals surface area contributed by atoms with Crippen LogP contribution in [0.5, 0.6) is 0 Å². The molecule has 1 rings (SSSR count). The Kier molecular flexibility index (Phi) is 6.42. The van der Waals surface area contributed by atoms with Crippen LogP contribution in [-0.2, 0) is 10.0 Å². The molecule has 1 saturated heterocycles. The molecular weight excluding hydrogens is 260 g/mol. The van der Waals surface area contributed by atoms with Gasteiger partial charge in [-0.05, 0) is 18.3 Å². The zero-order chi connectivity index (χ0) is 12.4. The largest absolute Gasteiger partial charge is 0.327 e. The second-order valence-corrected chi connectivity index (χ2v) is 7.48. The topological polar surface area (TPSA) is 63.4 Å². The molecule has 1 aliphatic rings. The molecule has 0 aliphatic carbocycles. The summed E-state index contributed by atoms with van der Waals surface area (Å²) in [4.78, 5) is 0. The van der Waals surface area contributed by atoms with Gasteiger partial charge in [0.25, 0.3) is 0 Å². The lowest BCUT2D eigenvalue weighted by atomic mass is 9.81. The Bertz CT molecular complexity index is 330. The maximum atomic E-state index is 12.0. The van der Waals surface area contributed by atoms with Crippen molar-refractivity contribution >= 4 is 22.4 Å². The minimum Gasteiger partial charge on any atom is -0.327 e. The van der Waals surface area contributed by atoms with Crippen LogP contribution in [0.1, 0.15) is 40.0 Å². The summed E-state index contributed by atoms with van der Waals surface area (Å²) in [6, 6.07) is 0.102. The minimum atomic E-state index is -3.06. The van der Waals surface area contributed by atoms with Crippen molar-refractivity contribution in [3.63, 3.8) is 0 Å². The van der Waals surface area contributed by atoms with Crippen LogP contribution in [0.3, 0.4) is 0 Å². The number of rotatable bonds is 4. The highest BCUT2D eigenvalue weighted by Gasteiger charge is 2.37. The molecule has 1 aliphatic heterocycles. The Morgan fingerprint density at radius 1 is 1.41 bits per heavy atom. The summed E-state index contributed by atoms with van der Waals surface area (Å²) in [6.07, 6.45) is 2.42. The molecular formula is C11H25ClN2O2S. The molecule has 0 aromatic rings. The quantitative estimate of drug-likeness (QED) is 0.853. The van der Waals surface area contributed by atoms with Gasteiger partial charge >= 0.3 is 0 Å². The summed E-state index contributed by atoms with van der Waals surface area (Å²) in [5.74, 6) is 0.273. The number of unbranched alkanes of at least 4 members (excludes halogenated alkanes) is 1. The van der Waals surface area contributed by atoms with Gasteiger partial charge in [-0.15, -0.1) is 12.4 Å². The summed E-state index contributed by atoms with van der Waals surface area (Å²) in [7, 11) is -3.06. The number of hydrogen-bond acceptors (Lipinski definition) is 3. The van der Waals surface area contributed by atoms with Crippen LogP contribution in [0.15, 0.2) is 0 Å². The number of halogens is 1. The van der Waals surface area contributed by atoms with E-state index in [-0.39, 0.29) is 29.6 Å². The van der Waals surface area contributed by atoms with Gasteiger partial charge in [0.1, 0.15) is 0 Å². The van der Waals surface area contributed by atoms with Crippen molar-refractivity contribution < 1.29 is 8.42 Å². The fraction of sp³-hybridized carbons (Fsp3) is 1.00. The lowest BCUT2D eigenvalue weighted by Crippen LogP contribution is -2.54. The van der Waals surface area contributed by atoms with Gasteiger partial charge in [-0.3, -0.25) is 0 Å². The second kappa shape index (κ2) is 6.36. The van der Waals surface area contributed by atoms with E-state index >= 15 is 0 Å². The maximum absolute atomic E-state index is 12.0. The van der Waals surface area contributed by atoms with Gasteiger partial charge in [0.2, 0.25) is 10.0 Å². The first-order valence-corrected chi connectivity index (χ1v) is 7.64. The maximum Gasteiger partial charge on any atom is 0.214 e. The van der Waals surface area contributed by atoms with Gasteiger partial charge in [-0.1, -0.05) is 27.2 Å². The van der Waals surface area contributed by atoms with E-state index in [9.17, 15) is 8.42 Å². The minimum absolute atomic E-state index is 0. The van der Waals surface area contributed by atoms with Crippen molar-refractivity contribution in [1.82, 2.24) is 4.31 Å². The highest BCUT2D eigenvalue weighted by atomic mass is 35.5. The van der Waals surface area contributed by atoms with Crippen molar-refractivity contribution in [2.24, 2.45) is 11.1 Å². The third-order valence-corrected chi connectivity index (χ3v) is 5.33. The molecule has 2 N–H and O–H groups in total. The smallest absolute Gasteiger partial charge is 0.214 e. The van der Waals surface area contributed by atoms with Crippen LogP contribution < -0.4 is 5.73 Å². The molecule has 6 heteroatoms. The summed E-state index contributed by atoms with van der Waals surface area (Å²) in [6.45, 7) is 7.22. The Labute approximate surface area is 111 Å². The fourth-order valence-corrected chi connectivity index (χ4v) is 3.84. The molecule has 1 atom stereocenters. The Hall–Kier alpha value is 0.160. The van der Waals surface area contributed by atoms with Crippen molar-refractivity contribution in [2.75, 3.05) is 18.8 Å². The molecule has 1 fully saturated rings. The van der Waals surface area contributed by atoms with Crippen molar-refractivity contribution in [1.29, 1.82) is 0 Å².